The van der Waals surface area contributed by atoms with Crippen molar-refractivity contribution in [2.45, 2.75) is 32.9 Å². The molecule has 0 amide bonds. The van der Waals surface area contributed by atoms with Crippen molar-refractivity contribution >= 4 is 10.1 Å². The van der Waals surface area contributed by atoms with Crippen LogP contribution in [0.5, 0.6) is 0 Å². The Bertz CT molecular complexity index is 1020. The molecule has 1 heterocycles. The van der Waals surface area contributed by atoms with Crippen LogP contribution in [0.4, 0.5) is 0 Å². The molecule has 140 valence electrons. The lowest BCUT2D eigenvalue weighted by Crippen LogP contribution is -2.43. The van der Waals surface area contributed by atoms with Crippen LogP contribution in [0, 0.1) is 12.3 Å². The molecule has 2 aromatic rings. The predicted molar refractivity (Wildman–Crippen MR) is 97.7 cm³/mol. The summed E-state index contributed by atoms with van der Waals surface area (Å²) in [6, 6.07) is 9.52. The highest BCUT2D eigenvalue weighted by Gasteiger charge is 2.45. The zero-order valence-corrected chi connectivity index (χ0v) is 15.7. The highest BCUT2D eigenvalue weighted by molar-refractivity contribution is 7.85. The molecule has 1 aromatic carbocycles. The molecule has 1 saturated carbocycles. The van der Waals surface area contributed by atoms with E-state index in [2.05, 4.69) is 0 Å². The standard InChI is InChI=1S/C18H22N2O5S/c1-14-10-19(11-15-6-4-3-5-7-15)17(22)20(16(14)21)12-18(8-9-18)13-25-26(2,23)24/h3-7,10H,8-9,11-13H2,1-2H3. The van der Waals surface area contributed by atoms with Gasteiger partial charge in [-0.3, -0.25) is 18.1 Å². The van der Waals surface area contributed by atoms with Crippen LogP contribution in [-0.2, 0) is 27.4 Å². The number of hydrogen-bond donors (Lipinski definition) is 0. The summed E-state index contributed by atoms with van der Waals surface area (Å²) in [6.45, 7) is 2.20. The summed E-state index contributed by atoms with van der Waals surface area (Å²) in [5.41, 5.74) is 0.228. The largest absolute Gasteiger partial charge is 0.331 e. The Labute approximate surface area is 152 Å². The molecule has 0 bridgehead atoms. The summed E-state index contributed by atoms with van der Waals surface area (Å²) >= 11 is 0. The predicted octanol–water partition coefficient (Wildman–Crippen LogP) is 1.12. The summed E-state index contributed by atoms with van der Waals surface area (Å²) in [6.07, 6.45) is 4.01. The molecule has 8 heteroatoms. The molecular formula is C18H22N2O5S. The molecule has 0 atom stereocenters. The van der Waals surface area contributed by atoms with Gasteiger partial charge in [0.25, 0.3) is 15.7 Å². The van der Waals surface area contributed by atoms with Gasteiger partial charge in [0.15, 0.2) is 0 Å². The third-order valence-electron chi connectivity index (χ3n) is 4.63. The van der Waals surface area contributed by atoms with Crippen LogP contribution in [0.15, 0.2) is 46.1 Å². The maximum Gasteiger partial charge on any atom is 0.331 e. The highest BCUT2D eigenvalue weighted by Crippen LogP contribution is 2.47. The Balaban J connectivity index is 1.90. The third kappa shape index (κ3) is 4.31. The van der Waals surface area contributed by atoms with Crippen molar-refractivity contribution in [3.05, 3.63) is 68.5 Å². The van der Waals surface area contributed by atoms with E-state index in [1.165, 1.54) is 9.13 Å². The van der Waals surface area contributed by atoms with Crippen molar-refractivity contribution in [2.24, 2.45) is 5.41 Å². The van der Waals surface area contributed by atoms with Gasteiger partial charge in [0.05, 0.1) is 19.4 Å². The molecule has 26 heavy (non-hydrogen) atoms. The minimum atomic E-state index is -3.56. The first kappa shape index (κ1) is 18.6. The molecule has 0 unspecified atom stereocenters. The molecule has 1 aromatic heterocycles. The zero-order valence-electron chi connectivity index (χ0n) is 14.8. The van der Waals surface area contributed by atoms with E-state index in [1.807, 2.05) is 30.3 Å². The number of benzene rings is 1. The van der Waals surface area contributed by atoms with Gasteiger partial charge in [0.2, 0.25) is 0 Å². The Morgan fingerprint density at radius 1 is 1.15 bits per heavy atom. The van der Waals surface area contributed by atoms with Gasteiger partial charge in [-0.25, -0.2) is 4.79 Å². The number of rotatable bonds is 7. The monoisotopic (exact) mass is 378 g/mol. The molecule has 0 N–H and O–H groups in total. The van der Waals surface area contributed by atoms with Gasteiger partial charge in [0.1, 0.15) is 0 Å². The molecule has 0 radical (unpaired) electrons. The maximum atomic E-state index is 12.8. The first-order valence-electron chi connectivity index (χ1n) is 8.38. The van der Waals surface area contributed by atoms with Crippen molar-refractivity contribution in [1.82, 2.24) is 9.13 Å². The molecule has 3 rings (SSSR count). The van der Waals surface area contributed by atoms with Crippen LogP contribution in [0.2, 0.25) is 0 Å². The Hall–Kier alpha value is -2.19. The molecule has 0 saturated heterocycles. The van der Waals surface area contributed by atoms with E-state index in [9.17, 15) is 18.0 Å². The molecule has 0 aliphatic heterocycles. The first-order valence-corrected chi connectivity index (χ1v) is 10.2. The lowest BCUT2D eigenvalue weighted by atomic mass is 10.1. The van der Waals surface area contributed by atoms with Crippen molar-refractivity contribution in [1.29, 1.82) is 0 Å². The lowest BCUT2D eigenvalue weighted by Gasteiger charge is -2.17. The minimum absolute atomic E-state index is 0.00958. The molecule has 0 spiro atoms. The molecule has 1 aliphatic rings. The van der Waals surface area contributed by atoms with Gasteiger partial charge < -0.3 is 0 Å². The second-order valence-electron chi connectivity index (χ2n) is 7.07. The second-order valence-corrected chi connectivity index (χ2v) is 8.71. The fourth-order valence-electron chi connectivity index (χ4n) is 2.92. The Kier molecular flexibility index (Phi) is 4.90. The van der Waals surface area contributed by atoms with Crippen molar-refractivity contribution in [3.63, 3.8) is 0 Å². The van der Waals surface area contributed by atoms with Crippen molar-refractivity contribution < 1.29 is 12.6 Å². The normalized spacial score (nSPS) is 15.8. The quantitative estimate of drug-likeness (QED) is 0.674. The fraction of sp³-hybridized carbons (Fsp3) is 0.444. The first-order chi connectivity index (χ1) is 12.2. The van der Waals surface area contributed by atoms with Crippen LogP contribution in [-0.4, -0.2) is 30.4 Å². The van der Waals surface area contributed by atoms with E-state index in [0.717, 1.165) is 24.7 Å². The smallest absolute Gasteiger partial charge is 0.296 e. The summed E-state index contributed by atoms with van der Waals surface area (Å²) in [7, 11) is -3.56. The van der Waals surface area contributed by atoms with Gasteiger partial charge in [-0.1, -0.05) is 30.3 Å². The number of nitrogens with zero attached hydrogens (tertiary/aromatic N) is 2. The average molecular weight is 378 g/mol. The SMILES string of the molecule is Cc1cn(Cc2ccccc2)c(=O)n(CC2(COS(C)(=O)=O)CC2)c1=O. The van der Waals surface area contributed by atoms with Crippen LogP contribution in [0.25, 0.3) is 0 Å². The average Bonchev–Trinajstić information content (AvgIpc) is 3.35. The summed E-state index contributed by atoms with van der Waals surface area (Å²) in [5, 5.41) is 0. The summed E-state index contributed by atoms with van der Waals surface area (Å²) < 4.78 is 30.1. The lowest BCUT2D eigenvalue weighted by molar-refractivity contribution is 0.218. The second kappa shape index (κ2) is 6.85. The van der Waals surface area contributed by atoms with Crippen LogP contribution in [0.1, 0.15) is 24.0 Å². The summed E-state index contributed by atoms with van der Waals surface area (Å²) in [5.74, 6) is 0. The Morgan fingerprint density at radius 3 is 2.38 bits per heavy atom. The van der Waals surface area contributed by atoms with Gasteiger partial charge in [-0.2, -0.15) is 8.42 Å². The van der Waals surface area contributed by atoms with Gasteiger partial charge in [-0.15, -0.1) is 0 Å². The van der Waals surface area contributed by atoms with Gasteiger partial charge in [-0.05, 0) is 25.3 Å². The number of hydrogen-bond acceptors (Lipinski definition) is 5. The van der Waals surface area contributed by atoms with Crippen LogP contribution in [0.3, 0.4) is 0 Å². The number of aryl methyl sites for hydroxylation is 1. The maximum absolute atomic E-state index is 12.8. The summed E-state index contributed by atoms with van der Waals surface area (Å²) in [4.78, 5) is 25.3. The number of aromatic nitrogens is 2. The molecule has 7 nitrogen and oxygen atoms in total. The van der Waals surface area contributed by atoms with E-state index in [1.54, 1.807) is 13.1 Å². The third-order valence-corrected chi connectivity index (χ3v) is 5.18. The van der Waals surface area contributed by atoms with E-state index in [-0.39, 0.29) is 18.7 Å². The topological polar surface area (TPSA) is 87.4 Å². The Morgan fingerprint density at radius 2 is 1.81 bits per heavy atom. The fourth-order valence-corrected chi connectivity index (χ4v) is 3.39. The zero-order chi connectivity index (χ0) is 18.9. The molecular weight excluding hydrogens is 356 g/mol. The molecule has 1 fully saturated rings. The van der Waals surface area contributed by atoms with Gasteiger partial charge >= 0.3 is 5.69 Å². The minimum Gasteiger partial charge on any atom is -0.296 e. The van der Waals surface area contributed by atoms with Crippen LogP contribution >= 0.6 is 0 Å². The van der Waals surface area contributed by atoms with Crippen LogP contribution < -0.4 is 11.2 Å². The van der Waals surface area contributed by atoms with E-state index in [0.29, 0.717) is 12.1 Å². The van der Waals surface area contributed by atoms with Crippen molar-refractivity contribution in [2.75, 3.05) is 12.9 Å². The molecule has 1 aliphatic carbocycles. The van der Waals surface area contributed by atoms with Crippen molar-refractivity contribution in [3.8, 4) is 0 Å². The van der Waals surface area contributed by atoms with E-state index >= 15 is 0 Å². The highest BCUT2D eigenvalue weighted by atomic mass is 32.2. The van der Waals surface area contributed by atoms with E-state index < -0.39 is 21.2 Å². The van der Waals surface area contributed by atoms with E-state index in [4.69, 9.17) is 4.18 Å². The van der Waals surface area contributed by atoms with Gasteiger partial charge in [0, 0.05) is 23.7 Å².